The van der Waals surface area contributed by atoms with E-state index in [9.17, 15) is 9.59 Å². The van der Waals surface area contributed by atoms with Gasteiger partial charge in [-0.15, -0.1) is 0 Å². The van der Waals surface area contributed by atoms with Gasteiger partial charge >= 0.3 is 0 Å². The minimum absolute atomic E-state index is 0.233. The molecule has 0 bridgehead atoms. The lowest BCUT2D eigenvalue weighted by Crippen LogP contribution is -2.45. The first-order chi connectivity index (χ1) is 14.2. The fourth-order valence-corrected chi connectivity index (χ4v) is 3.64. The topological polar surface area (TPSA) is 78.0 Å². The Hall–Kier alpha value is -3.13. The molecule has 4 rings (SSSR count). The zero-order chi connectivity index (χ0) is 20.1. The average molecular weight is 395 g/mol. The van der Waals surface area contributed by atoms with E-state index in [0.29, 0.717) is 32.0 Å². The summed E-state index contributed by atoms with van der Waals surface area (Å²) in [6.45, 7) is 5.90. The number of pyridine rings is 1. The summed E-state index contributed by atoms with van der Waals surface area (Å²) in [7, 11) is 0. The van der Waals surface area contributed by atoms with Crippen LogP contribution < -0.4 is 15.1 Å². The molecule has 3 heterocycles. The van der Waals surface area contributed by atoms with E-state index in [2.05, 4.69) is 20.1 Å². The van der Waals surface area contributed by atoms with Crippen LogP contribution in [0.2, 0.25) is 0 Å². The highest BCUT2D eigenvalue weighted by atomic mass is 16.5. The predicted molar refractivity (Wildman–Crippen MR) is 112 cm³/mol. The normalized spacial score (nSPS) is 17.2. The minimum Gasteiger partial charge on any atom is -0.378 e. The van der Waals surface area contributed by atoms with Crippen LogP contribution in [0.4, 0.5) is 17.1 Å². The van der Waals surface area contributed by atoms with Crippen molar-refractivity contribution in [3.05, 3.63) is 48.3 Å². The summed E-state index contributed by atoms with van der Waals surface area (Å²) in [5, 5.41) is 2.99. The molecule has 8 nitrogen and oxygen atoms in total. The smallest absolute Gasteiger partial charge is 0.274 e. The third kappa shape index (κ3) is 4.48. The molecule has 2 amide bonds. The first-order valence-electron chi connectivity index (χ1n) is 9.88. The number of anilines is 3. The van der Waals surface area contributed by atoms with Crippen molar-refractivity contribution in [2.45, 2.75) is 0 Å². The maximum atomic E-state index is 12.7. The number of hydrogen-bond acceptors (Lipinski definition) is 6. The Balaban J connectivity index is 1.42. The number of carbonyl (C=O) groups excluding carboxylic acids is 2. The van der Waals surface area contributed by atoms with Crippen molar-refractivity contribution in [1.82, 2.24) is 9.88 Å². The van der Waals surface area contributed by atoms with Gasteiger partial charge in [0.2, 0.25) is 6.41 Å². The van der Waals surface area contributed by atoms with Gasteiger partial charge in [-0.2, -0.15) is 0 Å². The van der Waals surface area contributed by atoms with Crippen LogP contribution in [0.15, 0.2) is 42.6 Å². The Morgan fingerprint density at radius 2 is 1.72 bits per heavy atom. The molecule has 0 radical (unpaired) electrons. The van der Waals surface area contributed by atoms with Crippen LogP contribution in [0.5, 0.6) is 0 Å². The molecule has 0 unspecified atom stereocenters. The van der Waals surface area contributed by atoms with Crippen molar-refractivity contribution in [1.29, 1.82) is 0 Å². The van der Waals surface area contributed by atoms with Gasteiger partial charge in [-0.3, -0.25) is 9.59 Å². The van der Waals surface area contributed by atoms with Crippen LogP contribution in [0.25, 0.3) is 0 Å². The largest absolute Gasteiger partial charge is 0.378 e. The van der Waals surface area contributed by atoms with Gasteiger partial charge in [-0.1, -0.05) is 12.1 Å². The van der Waals surface area contributed by atoms with Gasteiger partial charge in [0, 0.05) is 39.3 Å². The van der Waals surface area contributed by atoms with E-state index in [-0.39, 0.29) is 5.91 Å². The van der Waals surface area contributed by atoms with Crippen molar-refractivity contribution in [2.75, 3.05) is 67.6 Å². The number of nitrogens with zero attached hydrogens (tertiary/aromatic N) is 4. The summed E-state index contributed by atoms with van der Waals surface area (Å²) in [5.41, 5.74) is 3.10. The predicted octanol–water partition coefficient (Wildman–Crippen LogP) is 1.45. The fraction of sp³-hybridized carbons (Fsp3) is 0.381. The number of morpholine rings is 1. The molecule has 0 aliphatic carbocycles. The van der Waals surface area contributed by atoms with Crippen LogP contribution in [0.1, 0.15) is 10.5 Å². The maximum absolute atomic E-state index is 12.7. The lowest BCUT2D eigenvalue weighted by atomic mass is 10.2. The summed E-state index contributed by atoms with van der Waals surface area (Å²) in [5.74, 6) is -0.233. The highest BCUT2D eigenvalue weighted by Gasteiger charge is 2.18. The molecule has 0 spiro atoms. The fourth-order valence-electron chi connectivity index (χ4n) is 3.64. The third-order valence-electron chi connectivity index (χ3n) is 5.31. The van der Waals surface area contributed by atoms with Crippen LogP contribution in [0.3, 0.4) is 0 Å². The number of rotatable bonds is 5. The highest BCUT2D eigenvalue weighted by Crippen LogP contribution is 2.27. The Bertz CT molecular complexity index is 844. The van der Waals surface area contributed by atoms with Crippen molar-refractivity contribution in [3.63, 3.8) is 0 Å². The van der Waals surface area contributed by atoms with Gasteiger partial charge in [0.25, 0.3) is 5.91 Å². The quantitative estimate of drug-likeness (QED) is 0.772. The van der Waals surface area contributed by atoms with E-state index < -0.39 is 0 Å². The monoisotopic (exact) mass is 395 g/mol. The second kappa shape index (κ2) is 8.91. The molecule has 29 heavy (non-hydrogen) atoms. The number of carbonyl (C=O) groups is 2. The van der Waals surface area contributed by atoms with E-state index >= 15 is 0 Å². The molecule has 2 aliphatic heterocycles. The average Bonchev–Trinajstić information content (AvgIpc) is 2.80. The SMILES string of the molecule is O=CN1CCN(c2ccc(C(=O)Nc3ccccc3N3CCOCC3)nc2)CC1. The minimum atomic E-state index is -0.233. The molecule has 0 saturated carbocycles. The van der Waals surface area contributed by atoms with Gasteiger partial charge < -0.3 is 24.8 Å². The van der Waals surface area contributed by atoms with Gasteiger partial charge in [0.05, 0.1) is 36.5 Å². The number of piperazine rings is 1. The Kier molecular flexibility index (Phi) is 5.90. The van der Waals surface area contributed by atoms with E-state index in [4.69, 9.17) is 4.74 Å². The van der Waals surface area contributed by atoms with Crippen molar-refractivity contribution in [2.24, 2.45) is 0 Å². The third-order valence-corrected chi connectivity index (χ3v) is 5.31. The van der Waals surface area contributed by atoms with Crippen LogP contribution in [0, 0.1) is 0 Å². The molecule has 1 N–H and O–H groups in total. The van der Waals surface area contributed by atoms with E-state index in [1.165, 1.54) is 0 Å². The van der Waals surface area contributed by atoms with Crippen LogP contribution in [-0.4, -0.2) is 74.7 Å². The molecule has 8 heteroatoms. The van der Waals surface area contributed by atoms with Gasteiger partial charge in [0.1, 0.15) is 5.69 Å². The van der Waals surface area contributed by atoms with Crippen LogP contribution >= 0.6 is 0 Å². The first-order valence-corrected chi connectivity index (χ1v) is 9.88. The van der Waals surface area contributed by atoms with E-state index in [0.717, 1.165) is 49.7 Å². The van der Waals surface area contributed by atoms with Crippen molar-refractivity contribution < 1.29 is 14.3 Å². The number of aromatic nitrogens is 1. The van der Waals surface area contributed by atoms with E-state index in [1.807, 2.05) is 30.3 Å². The van der Waals surface area contributed by atoms with Crippen LogP contribution in [-0.2, 0) is 9.53 Å². The molecular weight excluding hydrogens is 370 g/mol. The number of hydrogen-bond donors (Lipinski definition) is 1. The van der Waals surface area contributed by atoms with Gasteiger partial charge in [0.15, 0.2) is 0 Å². The summed E-state index contributed by atoms with van der Waals surface area (Å²) >= 11 is 0. The molecule has 0 atom stereocenters. The Morgan fingerprint density at radius 3 is 2.41 bits per heavy atom. The summed E-state index contributed by atoms with van der Waals surface area (Å²) in [6.07, 6.45) is 2.61. The molecule has 2 aliphatic rings. The molecule has 2 fully saturated rings. The highest BCUT2D eigenvalue weighted by molar-refractivity contribution is 6.04. The summed E-state index contributed by atoms with van der Waals surface area (Å²) in [6, 6.07) is 11.5. The number of amides is 2. The van der Waals surface area contributed by atoms with Gasteiger partial charge in [-0.05, 0) is 24.3 Å². The number of benzene rings is 1. The standard InChI is InChI=1S/C21H25N5O3/c27-16-24-7-9-25(10-8-24)17-5-6-19(22-15-17)21(28)23-18-3-1-2-4-20(18)26-11-13-29-14-12-26/h1-6,15-16H,7-14H2,(H,23,28). The summed E-state index contributed by atoms with van der Waals surface area (Å²) in [4.78, 5) is 34.1. The zero-order valence-electron chi connectivity index (χ0n) is 16.3. The molecule has 152 valence electrons. The molecule has 1 aromatic carbocycles. The second-order valence-corrected chi connectivity index (χ2v) is 7.10. The Morgan fingerprint density at radius 1 is 0.966 bits per heavy atom. The van der Waals surface area contributed by atoms with Gasteiger partial charge in [-0.25, -0.2) is 4.98 Å². The second-order valence-electron chi connectivity index (χ2n) is 7.10. The lowest BCUT2D eigenvalue weighted by Gasteiger charge is -2.33. The van der Waals surface area contributed by atoms with E-state index in [1.54, 1.807) is 17.2 Å². The maximum Gasteiger partial charge on any atom is 0.274 e. The number of para-hydroxylation sites is 2. The molecular formula is C21H25N5O3. The Labute approximate surface area is 170 Å². The van der Waals surface area contributed by atoms with Crippen molar-refractivity contribution >= 4 is 29.4 Å². The summed E-state index contributed by atoms with van der Waals surface area (Å²) < 4.78 is 5.42. The molecule has 2 aromatic rings. The molecule has 2 saturated heterocycles. The molecule has 1 aromatic heterocycles. The number of ether oxygens (including phenoxy) is 1. The zero-order valence-corrected chi connectivity index (χ0v) is 16.3. The van der Waals surface area contributed by atoms with Crippen molar-refractivity contribution in [3.8, 4) is 0 Å². The first kappa shape index (κ1) is 19.2. The number of nitrogens with one attached hydrogen (secondary N) is 1. The lowest BCUT2D eigenvalue weighted by molar-refractivity contribution is -0.118.